The molecule has 1 saturated carbocycles. The van der Waals surface area contributed by atoms with Crippen molar-refractivity contribution >= 4 is 12.4 Å². The van der Waals surface area contributed by atoms with Crippen LogP contribution in [0.1, 0.15) is 19.3 Å². The second kappa shape index (κ2) is 3.65. The highest BCUT2D eigenvalue weighted by Gasteiger charge is 2.38. The van der Waals surface area contributed by atoms with Crippen LogP contribution in [0.5, 0.6) is 0 Å². The highest BCUT2D eigenvalue weighted by Crippen LogP contribution is 2.32. The SMILES string of the molecule is Cl.NC1CC(F)(F)CCC1O. The number of halogens is 3. The molecule has 1 aliphatic rings. The van der Waals surface area contributed by atoms with E-state index < -0.39 is 18.1 Å². The molecule has 2 atom stereocenters. The average Bonchev–Trinajstić information content (AvgIpc) is 1.79. The predicted octanol–water partition coefficient (Wildman–Crippen LogP) is 0.916. The molecule has 0 aromatic carbocycles. The zero-order valence-corrected chi connectivity index (χ0v) is 6.78. The van der Waals surface area contributed by atoms with Gasteiger partial charge in [0.05, 0.1) is 6.10 Å². The quantitative estimate of drug-likeness (QED) is 0.593. The molecule has 2 nitrogen and oxygen atoms in total. The summed E-state index contributed by atoms with van der Waals surface area (Å²) in [5, 5.41) is 8.95. The highest BCUT2D eigenvalue weighted by atomic mass is 35.5. The lowest BCUT2D eigenvalue weighted by molar-refractivity contribution is -0.0720. The Bertz CT molecular complexity index is 134. The third-order valence-electron chi connectivity index (χ3n) is 1.83. The van der Waals surface area contributed by atoms with Crippen LogP contribution in [0.25, 0.3) is 0 Å². The van der Waals surface area contributed by atoms with Gasteiger partial charge in [-0.15, -0.1) is 12.4 Å². The number of aliphatic hydroxyl groups is 1. The lowest BCUT2D eigenvalue weighted by Gasteiger charge is -2.30. The number of aliphatic hydroxyl groups excluding tert-OH is 1. The Labute approximate surface area is 70.2 Å². The molecule has 0 aromatic heterocycles. The van der Waals surface area contributed by atoms with Gasteiger partial charge in [-0.05, 0) is 6.42 Å². The van der Waals surface area contributed by atoms with Crippen molar-refractivity contribution in [3.8, 4) is 0 Å². The van der Waals surface area contributed by atoms with Crippen LogP contribution < -0.4 is 5.73 Å². The van der Waals surface area contributed by atoms with Crippen LogP contribution in [0.3, 0.4) is 0 Å². The van der Waals surface area contributed by atoms with Crippen molar-refractivity contribution in [1.82, 2.24) is 0 Å². The molecule has 0 amide bonds. The Kier molecular flexibility index (Phi) is 3.67. The van der Waals surface area contributed by atoms with Gasteiger partial charge < -0.3 is 10.8 Å². The first kappa shape index (κ1) is 11.1. The first-order chi connectivity index (χ1) is 4.51. The first-order valence-corrected chi connectivity index (χ1v) is 3.33. The summed E-state index contributed by atoms with van der Waals surface area (Å²) in [5.41, 5.74) is 5.22. The Morgan fingerprint density at radius 1 is 1.45 bits per heavy atom. The summed E-state index contributed by atoms with van der Waals surface area (Å²) in [6.07, 6.45) is -1.23. The minimum atomic E-state index is -2.65. The van der Waals surface area contributed by atoms with Gasteiger partial charge in [-0.2, -0.15) is 0 Å². The van der Waals surface area contributed by atoms with Gasteiger partial charge in [0, 0.05) is 18.9 Å². The van der Waals surface area contributed by atoms with Crippen molar-refractivity contribution in [2.24, 2.45) is 5.73 Å². The monoisotopic (exact) mass is 187 g/mol. The third-order valence-corrected chi connectivity index (χ3v) is 1.83. The minimum absolute atomic E-state index is 0. The normalized spacial score (nSPS) is 36.0. The van der Waals surface area contributed by atoms with E-state index in [9.17, 15) is 8.78 Å². The van der Waals surface area contributed by atoms with Crippen molar-refractivity contribution in [3.05, 3.63) is 0 Å². The molecule has 68 valence electrons. The minimum Gasteiger partial charge on any atom is -0.392 e. The van der Waals surface area contributed by atoms with Crippen LogP contribution in [-0.4, -0.2) is 23.2 Å². The molecule has 3 N–H and O–H groups in total. The maximum atomic E-state index is 12.4. The summed E-state index contributed by atoms with van der Waals surface area (Å²) in [6, 6.07) is -0.747. The van der Waals surface area contributed by atoms with Gasteiger partial charge in [0.25, 0.3) is 0 Å². The van der Waals surface area contributed by atoms with E-state index in [-0.39, 0.29) is 31.7 Å². The molecule has 0 aromatic rings. The maximum Gasteiger partial charge on any atom is 0.249 e. The van der Waals surface area contributed by atoms with E-state index in [1.165, 1.54) is 0 Å². The fourth-order valence-electron chi connectivity index (χ4n) is 1.16. The van der Waals surface area contributed by atoms with Crippen LogP contribution >= 0.6 is 12.4 Å². The van der Waals surface area contributed by atoms with E-state index >= 15 is 0 Å². The van der Waals surface area contributed by atoms with Gasteiger partial charge in [-0.3, -0.25) is 0 Å². The lowest BCUT2D eigenvalue weighted by atomic mass is 9.90. The molecule has 0 spiro atoms. The summed E-state index contributed by atoms with van der Waals surface area (Å²) in [5.74, 6) is -2.65. The Balaban J connectivity index is 0.000001000. The molecule has 1 aliphatic carbocycles. The van der Waals surface area contributed by atoms with E-state index in [4.69, 9.17) is 10.8 Å². The largest absolute Gasteiger partial charge is 0.392 e. The standard InChI is InChI=1S/C6H11F2NO.ClH/c7-6(8)2-1-5(10)4(9)3-6;/h4-5,10H,1-3,9H2;1H. The van der Waals surface area contributed by atoms with E-state index in [1.54, 1.807) is 0 Å². The topological polar surface area (TPSA) is 46.2 Å². The molecule has 0 heterocycles. The van der Waals surface area contributed by atoms with Crippen LogP contribution in [0, 0.1) is 0 Å². The average molecular weight is 188 g/mol. The molecule has 0 saturated heterocycles. The van der Waals surface area contributed by atoms with Gasteiger partial charge in [0.1, 0.15) is 0 Å². The molecule has 1 rings (SSSR count). The van der Waals surface area contributed by atoms with Crippen LogP contribution in [0.2, 0.25) is 0 Å². The van der Waals surface area contributed by atoms with Crippen LogP contribution in [0.15, 0.2) is 0 Å². The number of hydrogen-bond donors (Lipinski definition) is 2. The Morgan fingerprint density at radius 3 is 2.36 bits per heavy atom. The van der Waals surface area contributed by atoms with Gasteiger partial charge >= 0.3 is 0 Å². The van der Waals surface area contributed by atoms with Crippen molar-refractivity contribution in [2.75, 3.05) is 0 Å². The molecule has 11 heavy (non-hydrogen) atoms. The van der Waals surface area contributed by atoms with E-state index in [2.05, 4.69) is 0 Å². The zero-order chi connectivity index (χ0) is 7.78. The molecule has 2 unspecified atom stereocenters. The first-order valence-electron chi connectivity index (χ1n) is 3.33. The summed E-state index contributed by atoms with van der Waals surface area (Å²) in [7, 11) is 0. The zero-order valence-electron chi connectivity index (χ0n) is 5.96. The molecular formula is C6H12ClF2NO. The third kappa shape index (κ3) is 2.89. The van der Waals surface area contributed by atoms with Gasteiger partial charge in [-0.1, -0.05) is 0 Å². The maximum absolute atomic E-state index is 12.4. The predicted molar refractivity (Wildman–Crippen MR) is 40.0 cm³/mol. The highest BCUT2D eigenvalue weighted by molar-refractivity contribution is 5.85. The number of nitrogens with two attached hydrogens (primary N) is 1. The van der Waals surface area contributed by atoms with Crippen molar-refractivity contribution in [2.45, 2.75) is 37.3 Å². The van der Waals surface area contributed by atoms with Crippen molar-refractivity contribution < 1.29 is 13.9 Å². The van der Waals surface area contributed by atoms with Gasteiger partial charge in [0.15, 0.2) is 0 Å². The van der Waals surface area contributed by atoms with Crippen LogP contribution in [-0.2, 0) is 0 Å². The van der Waals surface area contributed by atoms with Crippen molar-refractivity contribution in [1.29, 1.82) is 0 Å². The lowest BCUT2D eigenvalue weighted by Crippen LogP contribution is -2.44. The number of hydrogen-bond acceptors (Lipinski definition) is 2. The van der Waals surface area contributed by atoms with Crippen LogP contribution in [0.4, 0.5) is 8.78 Å². The summed E-state index contributed by atoms with van der Waals surface area (Å²) < 4.78 is 24.9. The molecule has 0 bridgehead atoms. The molecule has 0 radical (unpaired) electrons. The van der Waals surface area contributed by atoms with Gasteiger partial charge in [-0.25, -0.2) is 8.78 Å². The fraction of sp³-hybridized carbons (Fsp3) is 1.00. The fourth-order valence-corrected chi connectivity index (χ4v) is 1.16. The van der Waals surface area contributed by atoms with Crippen molar-refractivity contribution in [3.63, 3.8) is 0 Å². The number of alkyl halides is 2. The van der Waals surface area contributed by atoms with E-state index in [1.807, 2.05) is 0 Å². The molecule has 5 heteroatoms. The van der Waals surface area contributed by atoms with Gasteiger partial charge in [0.2, 0.25) is 5.92 Å². The molecule has 1 fully saturated rings. The molecular weight excluding hydrogens is 176 g/mol. The summed E-state index contributed by atoms with van der Waals surface area (Å²) in [4.78, 5) is 0. The van der Waals surface area contributed by atoms with E-state index in [0.717, 1.165) is 0 Å². The Morgan fingerprint density at radius 2 is 2.00 bits per heavy atom. The molecule has 0 aliphatic heterocycles. The second-order valence-corrected chi connectivity index (χ2v) is 2.83. The second-order valence-electron chi connectivity index (χ2n) is 2.83. The number of rotatable bonds is 0. The van der Waals surface area contributed by atoms with E-state index in [0.29, 0.717) is 0 Å². The summed E-state index contributed by atoms with van der Waals surface area (Å²) >= 11 is 0. The Hall–Kier alpha value is 0.0700. The summed E-state index contributed by atoms with van der Waals surface area (Å²) in [6.45, 7) is 0. The smallest absolute Gasteiger partial charge is 0.249 e.